The molecule has 1 heterocycles. The van der Waals surface area contributed by atoms with Gasteiger partial charge in [0.25, 0.3) is 0 Å². The predicted octanol–water partition coefficient (Wildman–Crippen LogP) is 13.9. The third-order valence-electron chi connectivity index (χ3n) is 12.0. The molecule has 1 unspecified atom stereocenters. The van der Waals surface area contributed by atoms with Crippen molar-refractivity contribution in [2.75, 3.05) is 33.0 Å². The van der Waals surface area contributed by atoms with Gasteiger partial charge < -0.3 is 19.5 Å². The van der Waals surface area contributed by atoms with E-state index in [4.69, 9.17) is 14.2 Å². The number of hydrogen-bond donors (Lipinski definition) is 1. The molecule has 1 saturated heterocycles. The molecule has 1 N–H and O–H groups in total. The number of unbranched alkanes of at least 4 members (excludes halogenated alkanes) is 16. The molecule has 1 atom stereocenters. The fourth-order valence-electron chi connectivity index (χ4n) is 8.23. The van der Waals surface area contributed by atoms with Gasteiger partial charge in [-0.15, -0.1) is 0 Å². The van der Waals surface area contributed by atoms with Crippen molar-refractivity contribution in [1.29, 1.82) is 0 Å². The second-order valence-corrected chi connectivity index (χ2v) is 17.2. The molecule has 0 radical (unpaired) electrons. The molecular formula is C48H93NO5. The Hall–Kier alpha value is -1.14. The van der Waals surface area contributed by atoms with Crippen LogP contribution in [-0.2, 0) is 23.8 Å². The van der Waals surface area contributed by atoms with E-state index in [0.717, 1.165) is 70.1 Å². The smallest absolute Gasteiger partial charge is 0.305 e. The van der Waals surface area contributed by atoms with Gasteiger partial charge in [0.15, 0.2) is 0 Å². The second kappa shape index (κ2) is 38.7. The van der Waals surface area contributed by atoms with E-state index < -0.39 is 0 Å². The minimum Gasteiger partial charge on any atom is -0.466 e. The van der Waals surface area contributed by atoms with E-state index in [1.54, 1.807) is 0 Å². The Bertz CT molecular complexity index is 739. The standard InChI is InChI=1S/C48H93NO5/c1-5-9-19-27-43(28-20-10-6-2)36-39-53-47(50)33-25-17-13-15-23-31-46(49-41-45-35-38-52-42-45)32-24-16-14-18-26-34-48(51)54-40-37-44(29-21-11-7-3)30-22-12-8-4/h43-46,49H,5-42H2,1-4H3. The fraction of sp³-hybridized carbons (Fsp3) is 0.958. The van der Waals surface area contributed by atoms with Gasteiger partial charge in [-0.2, -0.15) is 0 Å². The molecule has 6 heteroatoms. The minimum absolute atomic E-state index is 0.00522. The highest BCUT2D eigenvalue weighted by atomic mass is 16.5. The average molecular weight is 764 g/mol. The Labute approximate surface area is 336 Å². The van der Waals surface area contributed by atoms with Gasteiger partial charge in [-0.25, -0.2) is 0 Å². The van der Waals surface area contributed by atoms with Gasteiger partial charge in [0, 0.05) is 32.0 Å². The zero-order valence-corrected chi connectivity index (χ0v) is 36.7. The number of ether oxygens (including phenoxy) is 3. The van der Waals surface area contributed by atoms with Gasteiger partial charge in [-0.3, -0.25) is 9.59 Å². The molecule has 0 aromatic rings. The summed E-state index contributed by atoms with van der Waals surface area (Å²) in [5, 5.41) is 3.90. The van der Waals surface area contributed by atoms with Crippen molar-refractivity contribution in [2.24, 2.45) is 17.8 Å². The fourth-order valence-corrected chi connectivity index (χ4v) is 8.23. The summed E-state index contributed by atoms with van der Waals surface area (Å²) in [4.78, 5) is 24.8. The van der Waals surface area contributed by atoms with E-state index >= 15 is 0 Å². The lowest BCUT2D eigenvalue weighted by molar-refractivity contribution is -0.145. The normalized spacial score (nSPS) is 14.5. The number of carbonyl (C=O) groups is 2. The average Bonchev–Trinajstić information content (AvgIpc) is 3.69. The van der Waals surface area contributed by atoms with Crippen molar-refractivity contribution >= 4 is 11.9 Å². The number of rotatable bonds is 41. The summed E-state index contributed by atoms with van der Waals surface area (Å²) in [6, 6.07) is 0.580. The van der Waals surface area contributed by atoms with E-state index in [1.165, 1.54) is 161 Å². The quantitative estimate of drug-likeness (QED) is 0.0494. The topological polar surface area (TPSA) is 73.9 Å². The van der Waals surface area contributed by atoms with Gasteiger partial charge in [0.1, 0.15) is 0 Å². The van der Waals surface area contributed by atoms with Crippen LogP contribution in [0.15, 0.2) is 0 Å². The first kappa shape index (κ1) is 50.9. The SMILES string of the molecule is CCCCCC(CCCCC)CCOC(=O)CCCCCCCC(CCCCCCCC(=O)OCCC(CCCCC)CCCCC)NCC1CCOC1. The summed E-state index contributed by atoms with van der Waals surface area (Å²) < 4.78 is 16.9. The Balaban J connectivity index is 2.19. The van der Waals surface area contributed by atoms with Gasteiger partial charge in [-0.1, -0.05) is 182 Å². The van der Waals surface area contributed by atoms with Crippen molar-refractivity contribution in [1.82, 2.24) is 5.32 Å². The molecule has 0 aliphatic carbocycles. The van der Waals surface area contributed by atoms with Crippen LogP contribution < -0.4 is 5.32 Å². The lowest BCUT2D eigenvalue weighted by atomic mass is 9.92. The Morgan fingerprint density at radius 3 is 1.30 bits per heavy atom. The van der Waals surface area contributed by atoms with Crippen LogP contribution in [0.3, 0.4) is 0 Å². The van der Waals surface area contributed by atoms with Crippen LogP contribution in [0.5, 0.6) is 0 Å². The summed E-state index contributed by atoms with van der Waals surface area (Å²) >= 11 is 0. The van der Waals surface area contributed by atoms with Gasteiger partial charge in [-0.05, 0) is 62.7 Å². The first-order chi connectivity index (χ1) is 26.5. The third kappa shape index (κ3) is 32.0. The van der Waals surface area contributed by atoms with Crippen LogP contribution in [0.1, 0.15) is 240 Å². The maximum atomic E-state index is 12.4. The van der Waals surface area contributed by atoms with Gasteiger partial charge in [0.2, 0.25) is 0 Å². The molecule has 1 rings (SSSR count). The molecule has 1 aliphatic rings. The molecule has 0 amide bonds. The Morgan fingerprint density at radius 2 is 0.907 bits per heavy atom. The molecule has 0 aromatic carbocycles. The largest absolute Gasteiger partial charge is 0.466 e. The lowest BCUT2D eigenvalue weighted by Crippen LogP contribution is -2.33. The lowest BCUT2D eigenvalue weighted by Gasteiger charge is -2.21. The van der Waals surface area contributed by atoms with E-state index in [9.17, 15) is 9.59 Å². The highest BCUT2D eigenvalue weighted by molar-refractivity contribution is 5.69. The summed E-state index contributed by atoms with van der Waals surface area (Å²) in [6.07, 6.45) is 39.2. The number of hydrogen-bond acceptors (Lipinski definition) is 6. The summed E-state index contributed by atoms with van der Waals surface area (Å²) in [5.41, 5.74) is 0. The van der Waals surface area contributed by atoms with Crippen LogP contribution in [0.25, 0.3) is 0 Å². The van der Waals surface area contributed by atoms with Crippen LogP contribution in [0.2, 0.25) is 0 Å². The zero-order chi connectivity index (χ0) is 39.2. The Kier molecular flexibility index (Phi) is 36.5. The Morgan fingerprint density at radius 1 is 0.519 bits per heavy atom. The molecular weight excluding hydrogens is 671 g/mol. The van der Waals surface area contributed by atoms with Gasteiger partial charge in [0.05, 0.1) is 19.8 Å². The molecule has 0 saturated carbocycles. The second-order valence-electron chi connectivity index (χ2n) is 17.2. The predicted molar refractivity (Wildman–Crippen MR) is 230 cm³/mol. The summed E-state index contributed by atoms with van der Waals surface area (Å²) in [6.45, 7) is 13.2. The van der Waals surface area contributed by atoms with Crippen molar-refractivity contribution in [2.45, 2.75) is 246 Å². The molecule has 320 valence electrons. The molecule has 1 fully saturated rings. The number of esters is 2. The van der Waals surface area contributed by atoms with Crippen molar-refractivity contribution in [3.05, 3.63) is 0 Å². The third-order valence-corrected chi connectivity index (χ3v) is 12.0. The molecule has 0 spiro atoms. The highest BCUT2D eigenvalue weighted by Gasteiger charge is 2.18. The van der Waals surface area contributed by atoms with E-state index in [1.807, 2.05) is 0 Å². The molecule has 6 nitrogen and oxygen atoms in total. The van der Waals surface area contributed by atoms with Crippen LogP contribution in [0.4, 0.5) is 0 Å². The maximum Gasteiger partial charge on any atom is 0.305 e. The van der Waals surface area contributed by atoms with Crippen LogP contribution in [-0.4, -0.2) is 51.0 Å². The molecule has 0 aromatic heterocycles. The highest BCUT2D eigenvalue weighted by Crippen LogP contribution is 2.23. The van der Waals surface area contributed by atoms with E-state index in [2.05, 4.69) is 33.0 Å². The van der Waals surface area contributed by atoms with Crippen LogP contribution >= 0.6 is 0 Å². The first-order valence-electron chi connectivity index (χ1n) is 24.1. The molecule has 0 bridgehead atoms. The molecule has 1 aliphatic heterocycles. The summed E-state index contributed by atoms with van der Waals surface area (Å²) in [5.74, 6) is 2.11. The zero-order valence-electron chi connectivity index (χ0n) is 36.7. The number of nitrogens with one attached hydrogen (secondary N) is 1. The van der Waals surface area contributed by atoms with Crippen molar-refractivity contribution in [3.63, 3.8) is 0 Å². The molecule has 54 heavy (non-hydrogen) atoms. The first-order valence-corrected chi connectivity index (χ1v) is 24.1. The van der Waals surface area contributed by atoms with Crippen molar-refractivity contribution < 1.29 is 23.8 Å². The van der Waals surface area contributed by atoms with E-state index in [-0.39, 0.29) is 11.9 Å². The van der Waals surface area contributed by atoms with Crippen LogP contribution in [0, 0.1) is 17.8 Å². The van der Waals surface area contributed by atoms with E-state index in [0.29, 0.717) is 38.0 Å². The van der Waals surface area contributed by atoms with Crippen molar-refractivity contribution in [3.8, 4) is 0 Å². The number of carbonyl (C=O) groups excluding carboxylic acids is 2. The maximum absolute atomic E-state index is 12.4. The monoisotopic (exact) mass is 764 g/mol. The minimum atomic E-state index is 0.00522. The van der Waals surface area contributed by atoms with Gasteiger partial charge >= 0.3 is 11.9 Å². The summed E-state index contributed by atoms with van der Waals surface area (Å²) in [7, 11) is 0.